The van der Waals surface area contributed by atoms with E-state index < -0.39 is 50.2 Å². The summed E-state index contributed by atoms with van der Waals surface area (Å²) in [5, 5.41) is 8.82. The van der Waals surface area contributed by atoms with E-state index in [1.165, 1.54) is 6.92 Å². The summed E-state index contributed by atoms with van der Waals surface area (Å²) in [6.07, 6.45) is 0. The first kappa shape index (κ1) is 15.8. The molecule has 21 heavy (non-hydrogen) atoms. The first-order valence-corrected chi connectivity index (χ1v) is 7.46. The van der Waals surface area contributed by atoms with Gasteiger partial charge in [-0.2, -0.15) is 4.31 Å². The molecule has 116 valence electrons. The minimum absolute atomic E-state index is 0.103. The second kappa shape index (κ2) is 5.30. The Kier molecular flexibility index (Phi) is 3.98. The molecule has 0 radical (unpaired) electrons. The number of carboxylic acid groups (broad SMARTS) is 1. The summed E-state index contributed by atoms with van der Waals surface area (Å²) in [5.74, 6) is -7.31. The fraction of sp³-hybridized carbons (Fsp3) is 0.417. The van der Waals surface area contributed by atoms with Crippen molar-refractivity contribution in [2.75, 3.05) is 13.1 Å². The van der Waals surface area contributed by atoms with Gasteiger partial charge in [0, 0.05) is 13.1 Å². The van der Waals surface area contributed by atoms with Gasteiger partial charge in [0.15, 0.2) is 17.5 Å². The summed E-state index contributed by atoms with van der Waals surface area (Å²) in [6, 6.07) is 1.18. The minimum Gasteiger partial charge on any atom is -0.481 e. The molecule has 0 aliphatic carbocycles. The van der Waals surface area contributed by atoms with Crippen LogP contribution in [0.5, 0.6) is 0 Å². The molecule has 0 amide bonds. The molecule has 5 nitrogen and oxygen atoms in total. The number of rotatable bonds is 4. The van der Waals surface area contributed by atoms with Crippen LogP contribution in [0.4, 0.5) is 13.2 Å². The number of benzene rings is 1. The Bertz CT molecular complexity index is 686. The maximum Gasteiger partial charge on any atom is 0.306 e. The van der Waals surface area contributed by atoms with E-state index in [1.807, 2.05) is 0 Å². The van der Waals surface area contributed by atoms with Gasteiger partial charge in [-0.3, -0.25) is 4.79 Å². The molecule has 0 spiro atoms. The second-order valence-corrected chi connectivity index (χ2v) is 6.79. The first-order chi connectivity index (χ1) is 9.66. The Morgan fingerprint density at radius 1 is 1.29 bits per heavy atom. The van der Waals surface area contributed by atoms with Gasteiger partial charge >= 0.3 is 5.97 Å². The molecule has 1 heterocycles. The Balaban J connectivity index is 2.22. The van der Waals surface area contributed by atoms with E-state index >= 15 is 0 Å². The van der Waals surface area contributed by atoms with E-state index in [2.05, 4.69) is 0 Å². The average Bonchev–Trinajstić information content (AvgIpc) is 2.33. The zero-order valence-electron chi connectivity index (χ0n) is 10.9. The van der Waals surface area contributed by atoms with Crippen LogP contribution in [0.2, 0.25) is 0 Å². The zero-order chi connectivity index (χ0) is 15.9. The number of halogens is 3. The summed E-state index contributed by atoms with van der Waals surface area (Å²) in [4.78, 5) is 9.82. The average molecular weight is 323 g/mol. The van der Waals surface area contributed by atoms with Crippen molar-refractivity contribution in [1.82, 2.24) is 4.31 Å². The van der Waals surface area contributed by atoms with Crippen LogP contribution in [-0.2, 0) is 14.8 Å². The van der Waals surface area contributed by atoms with Gasteiger partial charge in [-0.15, -0.1) is 0 Å². The normalized spacial score (nSPS) is 18.3. The molecule has 1 aliphatic rings. The fourth-order valence-corrected chi connectivity index (χ4v) is 3.64. The molecular weight excluding hydrogens is 311 g/mol. The van der Waals surface area contributed by atoms with Crippen LogP contribution in [0, 0.1) is 29.3 Å². The van der Waals surface area contributed by atoms with E-state index in [1.54, 1.807) is 0 Å². The lowest BCUT2D eigenvalue weighted by Crippen LogP contribution is -2.53. The first-order valence-electron chi connectivity index (χ1n) is 6.02. The predicted octanol–water partition coefficient (Wildman–Crippen LogP) is 1.45. The van der Waals surface area contributed by atoms with Crippen LogP contribution in [0.1, 0.15) is 6.92 Å². The molecule has 9 heteroatoms. The third kappa shape index (κ3) is 2.62. The van der Waals surface area contributed by atoms with E-state index in [-0.39, 0.29) is 13.1 Å². The third-order valence-corrected chi connectivity index (χ3v) is 5.44. The number of sulfonamides is 1. The lowest BCUT2D eigenvalue weighted by molar-refractivity contribution is -0.144. The molecule has 1 unspecified atom stereocenters. The van der Waals surface area contributed by atoms with Crippen LogP contribution >= 0.6 is 0 Å². The van der Waals surface area contributed by atoms with E-state index in [4.69, 9.17) is 5.11 Å². The predicted molar refractivity (Wildman–Crippen MR) is 65.4 cm³/mol. The zero-order valence-corrected chi connectivity index (χ0v) is 11.7. The lowest BCUT2D eigenvalue weighted by Gasteiger charge is -2.39. The standard InChI is InChI=1S/C12H12F3NO4S/c1-6(12(17)18)7-4-16(5-7)21(19,20)9-3-2-8(13)10(14)11(9)15/h2-3,6-7H,4-5H2,1H3,(H,17,18). The van der Waals surface area contributed by atoms with Crippen molar-refractivity contribution < 1.29 is 31.5 Å². The molecular formula is C12H12F3NO4S. The van der Waals surface area contributed by atoms with Crippen LogP contribution in [0.15, 0.2) is 17.0 Å². The van der Waals surface area contributed by atoms with Crippen molar-refractivity contribution >= 4 is 16.0 Å². The van der Waals surface area contributed by atoms with Gasteiger partial charge in [-0.05, 0) is 18.1 Å². The van der Waals surface area contributed by atoms with Gasteiger partial charge in [0.2, 0.25) is 10.0 Å². The number of hydrogen-bond acceptors (Lipinski definition) is 3. The van der Waals surface area contributed by atoms with Crippen molar-refractivity contribution in [3.8, 4) is 0 Å². The monoisotopic (exact) mass is 323 g/mol. The van der Waals surface area contributed by atoms with E-state index in [0.717, 1.165) is 4.31 Å². The van der Waals surface area contributed by atoms with Crippen molar-refractivity contribution in [2.24, 2.45) is 11.8 Å². The highest BCUT2D eigenvalue weighted by atomic mass is 32.2. The quantitative estimate of drug-likeness (QED) is 0.851. The molecule has 1 atom stereocenters. The molecule has 2 rings (SSSR count). The molecule has 1 aromatic carbocycles. The van der Waals surface area contributed by atoms with Crippen molar-refractivity contribution in [2.45, 2.75) is 11.8 Å². The van der Waals surface area contributed by atoms with Crippen molar-refractivity contribution in [3.63, 3.8) is 0 Å². The van der Waals surface area contributed by atoms with E-state index in [0.29, 0.717) is 12.1 Å². The van der Waals surface area contributed by atoms with Crippen molar-refractivity contribution in [1.29, 1.82) is 0 Å². The lowest BCUT2D eigenvalue weighted by atomic mass is 9.89. The van der Waals surface area contributed by atoms with E-state index in [9.17, 15) is 26.4 Å². The Morgan fingerprint density at radius 2 is 1.86 bits per heavy atom. The number of carboxylic acids is 1. The number of aliphatic carboxylic acids is 1. The molecule has 0 saturated carbocycles. The highest BCUT2D eigenvalue weighted by Gasteiger charge is 2.42. The molecule has 1 aliphatic heterocycles. The largest absolute Gasteiger partial charge is 0.481 e. The maximum atomic E-state index is 13.5. The van der Waals surface area contributed by atoms with Crippen molar-refractivity contribution in [3.05, 3.63) is 29.6 Å². The summed E-state index contributed by atoms with van der Waals surface area (Å²) < 4.78 is 64.5. The minimum atomic E-state index is -4.31. The number of carbonyl (C=O) groups is 1. The fourth-order valence-electron chi connectivity index (χ4n) is 2.03. The third-order valence-electron chi connectivity index (χ3n) is 3.59. The van der Waals surface area contributed by atoms with Crippen LogP contribution < -0.4 is 0 Å². The number of nitrogens with zero attached hydrogens (tertiary/aromatic N) is 1. The van der Waals surface area contributed by atoms with Crippen LogP contribution in [0.3, 0.4) is 0 Å². The number of hydrogen-bond donors (Lipinski definition) is 1. The SMILES string of the molecule is CC(C(=O)O)C1CN(S(=O)(=O)c2ccc(F)c(F)c2F)C1. The summed E-state index contributed by atoms with van der Waals surface area (Å²) >= 11 is 0. The Hall–Kier alpha value is -1.61. The highest BCUT2D eigenvalue weighted by molar-refractivity contribution is 7.89. The molecule has 1 fully saturated rings. The molecule has 0 aromatic heterocycles. The van der Waals surface area contributed by atoms with Gasteiger partial charge in [0.05, 0.1) is 5.92 Å². The summed E-state index contributed by atoms with van der Waals surface area (Å²) in [6.45, 7) is 1.23. The Labute approximate surface area is 119 Å². The summed E-state index contributed by atoms with van der Waals surface area (Å²) in [7, 11) is -4.31. The summed E-state index contributed by atoms with van der Waals surface area (Å²) in [5.41, 5.74) is 0. The topological polar surface area (TPSA) is 74.7 Å². The second-order valence-electron chi connectivity index (χ2n) is 4.88. The molecule has 0 bridgehead atoms. The maximum absolute atomic E-state index is 13.5. The highest BCUT2D eigenvalue weighted by Crippen LogP contribution is 2.31. The van der Waals surface area contributed by atoms with Gasteiger partial charge in [0.1, 0.15) is 4.90 Å². The van der Waals surface area contributed by atoms with Crippen LogP contribution in [0.25, 0.3) is 0 Å². The Morgan fingerprint density at radius 3 is 2.38 bits per heavy atom. The van der Waals surface area contributed by atoms with Crippen LogP contribution in [-0.4, -0.2) is 36.9 Å². The van der Waals surface area contributed by atoms with Gasteiger partial charge < -0.3 is 5.11 Å². The molecule has 1 N–H and O–H groups in total. The van der Waals surface area contributed by atoms with Gasteiger partial charge in [0.25, 0.3) is 0 Å². The smallest absolute Gasteiger partial charge is 0.306 e. The van der Waals surface area contributed by atoms with Gasteiger partial charge in [-0.25, -0.2) is 21.6 Å². The van der Waals surface area contributed by atoms with Gasteiger partial charge in [-0.1, -0.05) is 6.92 Å². The molecule has 1 saturated heterocycles. The molecule has 1 aromatic rings.